The zero-order valence-electron chi connectivity index (χ0n) is 5.84. The summed E-state index contributed by atoms with van der Waals surface area (Å²) in [7, 11) is 1.67. The van der Waals surface area contributed by atoms with E-state index in [0.29, 0.717) is 5.92 Å². The van der Waals surface area contributed by atoms with Crippen molar-refractivity contribution in [3.63, 3.8) is 0 Å². The molecule has 1 aliphatic rings. The van der Waals surface area contributed by atoms with E-state index in [2.05, 4.69) is 0 Å². The minimum atomic E-state index is 0.110. The van der Waals surface area contributed by atoms with Crippen LogP contribution in [0.3, 0.4) is 0 Å². The molecule has 1 fully saturated rings. The highest BCUT2D eigenvalue weighted by atomic mass is 16.5. The highest BCUT2D eigenvalue weighted by Crippen LogP contribution is 2.30. The standard InChI is InChI=1S/C7H14O2/c1-9-7(5-8)6-3-2-4-6/h6-8H,2-5H2,1H3/t7-/m0/s1. The quantitative estimate of drug-likeness (QED) is 0.612. The van der Waals surface area contributed by atoms with Gasteiger partial charge in [0.15, 0.2) is 0 Å². The number of rotatable bonds is 3. The number of hydrogen-bond acceptors (Lipinski definition) is 2. The minimum absolute atomic E-state index is 0.110. The van der Waals surface area contributed by atoms with Gasteiger partial charge in [-0.2, -0.15) is 0 Å². The molecule has 1 aliphatic carbocycles. The molecule has 0 heterocycles. The van der Waals surface area contributed by atoms with E-state index in [0.717, 1.165) is 0 Å². The largest absolute Gasteiger partial charge is 0.394 e. The maximum Gasteiger partial charge on any atom is 0.0830 e. The lowest BCUT2D eigenvalue weighted by molar-refractivity contribution is -0.0177. The van der Waals surface area contributed by atoms with Crippen molar-refractivity contribution in [2.75, 3.05) is 13.7 Å². The molecular weight excluding hydrogens is 116 g/mol. The fraction of sp³-hybridized carbons (Fsp3) is 1.00. The Hall–Kier alpha value is -0.0800. The van der Waals surface area contributed by atoms with Crippen LogP contribution in [0, 0.1) is 5.92 Å². The monoisotopic (exact) mass is 130 g/mol. The first kappa shape index (κ1) is 7.03. The Balaban J connectivity index is 2.19. The molecular formula is C7H14O2. The smallest absolute Gasteiger partial charge is 0.0830 e. The molecule has 1 saturated carbocycles. The lowest BCUT2D eigenvalue weighted by Gasteiger charge is -2.31. The molecule has 2 heteroatoms. The van der Waals surface area contributed by atoms with Gasteiger partial charge >= 0.3 is 0 Å². The lowest BCUT2D eigenvalue weighted by atomic mass is 9.81. The Morgan fingerprint density at radius 2 is 2.33 bits per heavy atom. The van der Waals surface area contributed by atoms with Gasteiger partial charge in [0.05, 0.1) is 12.7 Å². The number of methoxy groups -OCH3 is 1. The van der Waals surface area contributed by atoms with Crippen LogP contribution >= 0.6 is 0 Å². The van der Waals surface area contributed by atoms with E-state index in [1.807, 2.05) is 0 Å². The minimum Gasteiger partial charge on any atom is -0.394 e. The molecule has 0 radical (unpaired) electrons. The molecule has 1 rings (SSSR count). The van der Waals surface area contributed by atoms with Crippen LogP contribution < -0.4 is 0 Å². The molecule has 1 atom stereocenters. The predicted molar refractivity (Wildman–Crippen MR) is 35.2 cm³/mol. The third-order valence-corrected chi connectivity index (χ3v) is 2.16. The summed E-state index contributed by atoms with van der Waals surface area (Å²) in [5, 5.41) is 8.74. The van der Waals surface area contributed by atoms with E-state index in [9.17, 15) is 0 Å². The van der Waals surface area contributed by atoms with Crippen molar-refractivity contribution in [1.29, 1.82) is 0 Å². The molecule has 0 aromatic rings. The zero-order valence-corrected chi connectivity index (χ0v) is 5.84. The van der Waals surface area contributed by atoms with E-state index in [-0.39, 0.29) is 12.7 Å². The Bertz CT molecular complexity index is 75.0. The second-order valence-electron chi connectivity index (χ2n) is 2.65. The van der Waals surface area contributed by atoms with Crippen LogP contribution in [0.4, 0.5) is 0 Å². The fourth-order valence-electron chi connectivity index (χ4n) is 1.23. The van der Waals surface area contributed by atoms with E-state index >= 15 is 0 Å². The second kappa shape index (κ2) is 3.18. The van der Waals surface area contributed by atoms with Crippen molar-refractivity contribution in [2.24, 2.45) is 5.92 Å². The maximum absolute atomic E-state index is 8.74. The predicted octanol–water partition coefficient (Wildman–Crippen LogP) is 0.794. The Labute approximate surface area is 55.8 Å². The molecule has 0 aromatic carbocycles. The normalized spacial score (nSPS) is 23.3. The molecule has 0 aliphatic heterocycles. The van der Waals surface area contributed by atoms with Crippen molar-refractivity contribution >= 4 is 0 Å². The van der Waals surface area contributed by atoms with Gasteiger partial charge in [-0.3, -0.25) is 0 Å². The summed E-state index contributed by atoms with van der Waals surface area (Å²) < 4.78 is 5.05. The molecule has 54 valence electrons. The van der Waals surface area contributed by atoms with Crippen molar-refractivity contribution in [3.8, 4) is 0 Å². The third kappa shape index (κ3) is 1.43. The zero-order chi connectivity index (χ0) is 6.69. The third-order valence-electron chi connectivity index (χ3n) is 2.16. The molecule has 2 nitrogen and oxygen atoms in total. The van der Waals surface area contributed by atoms with Gasteiger partial charge in [0.25, 0.3) is 0 Å². The molecule has 0 amide bonds. The van der Waals surface area contributed by atoms with Crippen molar-refractivity contribution in [1.82, 2.24) is 0 Å². The first-order valence-corrected chi connectivity index (χ1v) is 3.52. The molecule has 0 unspecified atom stereocenters. The molecule has 1 N–H and O–H groups in total. The number of ether oxygens (including phenoxy) is 1. The molecule has 0 saturated heterocycles. The second-order valence-corrected chi connectivity index (χ2v) is 2.65. The SMILES string of the molecule is CO[C@@H](CO)C1CCC1. The number of aliphatic hydroxyl groups is 1. The van der Waals surface area contributed by atoms with Crippen LogP contribution in [-0.2, 0) is 4.74 Å². The first-order valence-electron chi connectivity index (χ1n) is 3.52. The molecule has 0 aromatic heterocycles. The van der Waals surface area contributed by atoms with Crippen LogP contribution in [0.1, 0.15) is 19.3 Å². The highest BCUT2D eigenvalue weighted by molar-refractivity contribution is 4.77. The van der Waals surface area contributed by atoms with Crippen molar-refractivity contribution in [3.05, 3.63) is 0 Å². The van der Waals surface area contributed by atoms with Gasteiger partial charge in [-0.05, 0) is 18.8 Å². The summed E-state index contributed by atoms with van der Waals surface area (Å²) in [5.41, 5.74) is 0. The summed E-state index contributed by atoms with van der Waals surface area (Å²) in [5.74, 6) is 0.639. The van der Waals surface area contributed by atoms with Gasteiger partial charge in [-0.1, -0.05) is 6.42 Å². The Morgan fingerprint density at radius 3 is 2.44 bits per heavy atom. The average Bonchev–Trinajstić information content (AvgIpc) is 1.78. The van der Waals surface area contributed by atoms with Crippen LogP contribution in [-0.4, -0.2) is 24.9 Å². The average molecular weight is 130 g/mol. The summed E-state index contributed by atoms with van der Waals surface area (Å²) in [6.07, 6.45) is 3.89. The van der Waals surface area contributed by atoms with Crippen molar-refractivity contribution < 1.29 is 9.84 Å². The Kier molecular flexibility index (Phi) is 2.49. The van der Waals surface area contributed by atoms with Crippen LogP contribution in [0.5, 0.6) is 0 Å². The topological polar surface area (TPSA) is 29.5 Å². The number of aliphatic hydroxyl groups excluding tert-OH is 1. The van der Waals surface area contributed by atoms with Crippen LogP contribution in [0.15, 0.2) is 0 Å². The van der Waals surface area contributed by atoms with E-state index in [4.69, 9.17) is 9.84 Å². The number of hydrogen-bond donors (Lipinski definition) is 1. The van der Waals surface area contributed by atoms with Crippen LogP contribution in [0.25, 0.3) is 0 Å². The van der Waals surface area contributed by atoms with Crippen LogP contribution in [0.2, 0.25) is 0 Å². The van der Waals surface area contributed by atoms with E-state index in [1.54, 1.807) is 7.11 Å². The fourth-order valence-corrected chi connectivity index (χ4v) is 1.23. The van der Waals surface area contributed by atoms with E-state index in [1.165, 1.54) is 19.3 Å². The summed E-state index contributed by atoms with van der Waals surface area (Å²) >= 11 is 0. The maximum atomic E-state index is 8.74. The summed E-state index contributed by atoms with van der Waals surface area (Å²) in [6.45, 7) is 0.182. The van der Waals surface area contributed by atoms with Gasteiger partial charge in [0.1, 0.15) is 0 Å². The lowest BCUT2D eigenvalue weighted by Crippen LogP contribution is -2.31. The molecule has 0 bridgehead atoms. The van der Waals surface area contributed by atoms with Gasteiger partial charge in [0, 0.05) is 7.11 Å². The first-order chi connectivity index (χ1) is 4.38. The molecule has 0 spiro atoms. The van der Waals surface area contributed by atoms with Gasteiger partial charge in [-0.25, -0.2) is 0 Å². The van der Waals surface area contributed by atoms with E-state index < -0.39 is 0 Å². The summed E-state index contributed by atoms with van der Waals surface area (Å²) in [4.78, 5) is 0. The van der Waals surface area contributed by atoms with Gasteiger partial charge < -0.3 is 9.84 Å². The highest BCUT2D eigenvalue weighted by Gasteiger charge is 2.26. The van der Waals surface area contributed by atoms with Gasteiger partial charge in [0.2, 0.25) is 0 Å². The van der Waals surface area contributed by atoms with Gasteiger partial charge in [-0.15, -0.1) is 0 Å². The van der Waals surface area contributed by atoms with Crippen molar-refractivity contribution in [2.45, 2.75) is 25.4 Å². The molecule has 9 heavy (non-hydrogen) atoms. The summed E-state index contributed by atoms with van der Waals surface area (Å²) in [6, 6.07) is 0. The Morgan fingerprint density at radius 1 is 1.67 bits per heavy atom.